The van der Waals surface area contributed by atoms with Crippen molar-refractivity contribution in [3.05, 3.63) is 48.2 Å². The predicted octanol–water partition coefficient (Wildman–Crippen LogP) is 4.25. The molecule has 20 heavy (non-hydrogen) atoms. The van der Waals surface area contributed by atoms with E-state index in [4.69, 9.17) is 9.68 Å². The second-order valence-corrected chi connectivity index (χ2v) is 3.64. The Balaban J connectivity index is 0.00000172. The molecule has 1 heterocycles. The molecule has 0 fully saturated rings. The van der Waals surface area contributed by atoms with Gasteiger partial charge in [0.2, 0.25) is 5.89 Å². The first-order valence-electron chi connectivity index (χ1n) is 6.47. The Morgan fingerprint density at radius 1 is 1.50 bits per heavy atom. The number of aromatic nitrogens is 1. The van der Waals surface area contributed by atoms with Gasteiger partial charge in [0, 0.05) is 17.6 Å². The maximum atomic E-state index is 11.6. The first kappa shape index (κ1) is 17.6. The fraction of sp³-hybridized carbons (Fsp3) is 0.312. The Bertz CT molecular complexity index is 572. The third kappa shape index (κ3) is 4.36. The fourth-order valence-corrected chi connectivity index (χ4v) is 1.37. The molecule has 0 saturated heterocycles. The Morgan fingerprint density at radius 3 is 2.55 bits per heavy atom. The maximum absolute atomic E-state index is 11.6. The number of hydrogen-bond acceptors (Lipinski definition) is 4. The molecule has 1 aromatic rings. The van der Waals surface area contributed by atoms with Gasteiger partial charge in [0.25, 0.3) is 0 Å². The second kappa shape index (κ2) is 8.65. The summed E-state index contributed by atoms with van der Waals surface area (Å²) in [5, 5.41) is 8.68. The molecule has 0 amide bonds. The lowest BCUT2D eigenvalue weighted by Gasteiger charge is -1.94. The van der Waals surface area contributed by atoms with Gasteiger partial charge in [-0.05, 0) is 13.0 Å². The second-order valence-electron chi connectivity index (χ2n) is 3.64. The minimum Gasteiger partial charge on any atom is -0.441 e. The highest BCUT2D eigenvalue weighted by Crippen LogP contribution is 2.20. The van der Waals surface area contributed by atoms with Crippen molar-refractivity contribution in [2.75, 3.05) is 0 Å². The van der Waals surface area contributed by atoms with E-state index < -0.39 is 0 Å². The van der Waals surface area contributed by atoms with Gasteiger partial charge in [0.05, 0.1) is 6.07 Å². The standard InChI is InChI=1S/C14H14N2O2.C2H6/c1-5-11(7-9(3)8-15)14-16-13(10(4)18-14)12(17)6-2;1-2/h5,7H,1,3,6H2,2,4H3;1-2H3/b11-7+;. The van der Waals surface area contributed by atoms with Crippen LogP contribution in [0, 0.1) is 18.3 Å². The van der Waals surface area contributed by atoms with Gasteiger partial charge < -0.3 is 4.42 Å². The van der Waals surface area contributed by atoms with E-state index in [9.17, 15) is 4.79 Å². The number of nitriles is 1. The van der Waals surface area contributed by atoms with E-state index in [2.05, 4.69) is 18.1 Å². The molecule has 0 unspecified atom stereocenters. The first-order valence-corrected chi connectivity index (χ1v) is 6.47. The minimum absolute atomic E-state index is 0.0787. The van der Waals surface area contributed by atoms with Crippen molar-refractivity contribution < 1.29 is 9.21 Å². The van der Waals surface area contributed by atoms with Crippen LogP contribution < -0.4 is 0 Å². The monoisotopic (exact) mass is 272 g/mol. The summed E-state index contributed by atoms with van der Waals surface area (Å²) in [7, 11) is 0. The van der Waals surface area contributed by atoms with Crippen molar-refractivity contribution >= 4 is 11.4 Å². The zero-order valence-electron chi connectivity index (χ0n) is 12.5. The van der Waals surface area contributed by atoms with Gasteiger partial charge in [-0.15, -0.1) is 0 Å². The van der Waals surface area contributed by atoms with E-state index in [0.717, 1.165) is 0 Å². The lowest BCUT2D eigenvalue weighted by Crippen LogP contribution is -1.99. The first-order chi connectivity index (χ1) is 9.53. The highest BCUT2D eigenvalue weighted by atomic mass is 16.4. The van der Waals surface area contributed by atoms with E-state index >= 15 is 0 Å². The molecule has 4 nitrogen and oxygen atoms in total. The third-order valence-electron chi connectivity index (χ3n) is 2.32. The predicted molar refractivity (Wildman–Crippen MR) is 80.1 cm³/mol. The van der Waals surface area contributed by atoms with Gasteiger partial charge in [-0.1, -0.05) is 40.0 Å². The Labute approximate surface area is 120 Å². The van der Waals surface area contributed by atoms with Crippen LogP contribution in [-0.4, -0.2) is 10.8 Å². The Kier molecular flexibility index (Phi) is 7.61. The average molecular weight is 272 g/mol. The van der Waals surface area contributed by atoms with Crippen LogP contribution >= 0.6 is 0 Å². The van der Waals surface area contributed by atoms with E-state index in [1.807, 2.05) is 19.9 Å². The van der Waals surface area contributed by atoms with Crippen LogP contribution in [0.25, 0.3) is 5.57 Å². The molecule has 4 heteroatoms. The van der Waals surface area contributed by atoms with Gasteiger partial charge in [-0.3, -0.25) is 4.79 Å². The van der Waals surface area contributed by atoms with Gasteiger partial charge >= 0.3 is 0 Å². The largest absolute Gasteiger partial charge is 0.441 e. The molecular formula is C16H20N2O2. The number of Topliss-reactive ketones (excluding diaryl/α,β-unsaturated/α-hetero) is 1. The van der Waals surface area contributed by atoms with Crippen LogP contribution in [0.4, 0.5) is 0 Å². The molecule has 0 aliphatic heterocycles. The minimum atomic E-state index is -0.0787. The van der Waals surface area contributed by atoms with Crippen LogP contribution in [0.3, 0.4) is 0 Å². The summed E-state index contributed by atoms with van der Waals surface area (Å²) >= 11 is 0. The number of nitrogens with zero attached hydrogens (tertiary/aromatic N) is 2. The molecule has 0 saturated carbocycles. The Hall–Kier alpha value is -2.41. The molecule has 1 aromatic heterocycles. The molecule has 0 radical (unpaired) electrons. The van der Waals surface area contributed by atoms with E-state index in [1.165, 1.54) is 12.2 Å². The zero-order chi connectivity index (χ0) is 15.7. The molecule has 106 valence electrons. The number of hydrogen-bond donors (Lipinski definition) is 0. The summed E-state index contributed by atoms with van der Waals surface area (Å²) in [6.45, 7) is 14.6. The van der Waals surface area contributed by atoms with Gasteiger partial charge in [-0.2, -0.15) is 5.26 Å². The number of ketones is 1. The molecular weight excluding hydrogens is 252 g/mol. The molecule has 0 bridgehead atoms. The lowest BCUT2D eigenvalue weighted by molar-refractivity contribution is 0.0982. The van der Waals surface area contributed by atoms with E-state index in [-0.39, 0.29) is 17.2 Å². The lowest BCUT2D eigenvalue weighted by atomic mass is 10.2. The summed E-state index contributed by atoms with van der Waals surface area (Å²) in [6, 6.07) is 1.90. The number of carbonyl (C=O) groups excluding carboxylic acids is 1. The summed E-state index contributed by atoms with van der Waals surface area (Å²) in [4.78, 5) is 15.7. The van der Waals surface area contributed by atoms with Gasteiger partial charge in [0.1, 0.15) is 11.5 Å². The van der Waals surface area contributed by atoms with Crippen LogP contribution in [-0.2, 0) is 0 Å². The van der Waals surface area contributed by atoms with Gasteiger partial charge in [-0.25, -0.2) is 4.98 Å². The van der Waals surface area contributed by atoms with Crippen LogP contribution in [0.5, 0.6) is 0 Å². The van der Waals surface area contributed by atoms with Crippen molar-refractivity contribution in [1.82, 2.24) is 4.98 Å². The normalized spacial score (nSPS) is 10.1. The molecule has 1 rings (SSSR count). The molecule has 0 aliphatic rings. The summed E-state index contributed by atoms with van der Waals surface area (Å²) in [5.74, 6) is 0.660. The smallest absolute Gasteiger partial charge is 0.226 e. The zero-order valence-corrected chi connectivity index (χ0v) is 12.5. The van der Waals surface area contributed by atoms with E-state index in [0.29, 0.717) is 23.4 Å². The highest BCUT2D eigenvalue weighted by Gasteiger charge is 2.16. The average Bonchev–Trinajstić information content (AvgIpc) is 2.87. The third-order valence-corrected chi connectivity index (χ3v) is 2.32. The molecule has 0 aromatic carbocycles. The summed E-state index contributed by atoms with van der Waals surface area (Å²) in [5.41, 5.74) is 1.12. The topological polar surface area (TPSA) is 66.9 Å². The van der Waals surface area contributed by atoms with Crippen molar-refractivity contribution in [2.24, 2.45) is 0 Å². The number of aryl methyl sites for hydroxylation is 1. The fourth-order valence-electron chi connectivity index (χ4n) is 1.37. The highest BCUT2D eigenvalue weighted by molar-refractivity contribution is 5.95. The van der Waals surface area contributed by atoms with Crippen LogP contribution in [0.15, 0.2) is 35.3 Å². The van der Waals surface area contributed by atoms with Gasteiger partial charge in [0.15, 0.2) is 5.78 Å². The molecule has 0 aliphatic carbocycles. The van der Waals surface area contributed by atoms with Crippen LogP contribution in [0.1, 0.15) is 49.3 Å². The molecule has 0 atom stereocenters. The van der Waals surface area contributed by atoms with E-state index in [1.54, 1.807) is 13.8 Å². The van der Waals surface area contributed by atoms with Crippen molar-refractivity contribution in [1.29, 1.82) is 5.26 Å². The quantitative estimate of drug-likeness (QED) is 0.456. The maximum Gasteiger partial charge on any atom is 0.226 e. The summed E-state index contributed by atoms with van der Waals surface area (Å²) < 4.78 is 5.41. The number of carbonyl (C=O) groups is 1. The molecule has 0 spiro atoms. The molecule has 0 N–H and O–H groups in total. The Morgan fingerprint density at radius 2 is 2.10 bits per heavy atom. The van der Waals surface area contributed by atoms with Crippen molar-refractivity contribution in [3.63, 3.8) is 0 Å². The van der Waals surface area contributed by atoms with Crippen molar-refractivity contribution in [2.45, 2.75) is 34.1 Å². The number of oxazole rings is 1. The SMILES string of the molecule is C=C/C(=C\C(=C)C#N)c1nc(C(=O)CC)c(C)o1.CC. The van der Waals surface area contributed by atoms with Crippen LogP contribution in [0.2, 0.25) is 0 Å². The number of allylic oxidation sites excluding steroid dienone is 4. The van der Waals surface area contributed by atoms with Crippen molar-refractivity contribution in [3.8, 4) is 6.07 Å². The summed E-state index contributed by atoms with van der Waals surface area (Å²) in [6.07, 6.45) is 3.39. The number of rotatable bonds is 5.